The Kier molecular flexibility index (Phi) is 8.20. The normalized spacial score (nSPS) is 23.7. The van der Waals surface area contributed by atoms with Gasteiger partial charge in [0.2, 0.25) is 0 Å². The first-order valence-corrected chi connectivity index (χ1v) is 14.4. The fourth-order valence-electron chi connectivity index (χ4n) is 4.83. The van der Waals surface area contributed by atoms with Gasteiger partial charge in [0, 0.05) is 0 Å². The number of aliphatic hydroxyl groups excluding tert-OH is 2. The monoisotopic (exact) mass is 530 g/mol. The van der Waals surface area contributed by atoms with Gasteiger partial charge in [-0.1, -0.05) is 121 Å². The first-order valence-electron chi connectivity index (χ1n) is 12.6. The molecule has 0 aliphatic carbocycles. The van der Waals surface area contributed by atoms with E-state index in [0.29, 0.717) is 0 Å². The summed E-state index contributed by atoms with van der Waals surface area (Å²) in [5.41, 5.74) is 2.42. The predicted octanol–water partition coefficient (Wildman–Crippen LogP) is 5.53. The van der Waals surface area contributed by atoms with Crippen LogP contribution in [0, 0.1) is 0 Å². The van der Waals surface area contributed by atoms with Gasteiger partial charge in [-0.2, -0.15) is 0 Å². The average Bonchev–Trinajstić information content (AvgIpc) is 2.97. The van der Waals surface area contributed by atoms with E-state index < -0.39 is 31.5 Å². The van der Waals surface area contributed by atoms with Gasteiger partial charge >= 0.3 is 7.60 Å². The number of ether oxygens (including phenoxy) is 1. The zero-order valence-corrected chi connectivity index (χ0v) is 21.8. The zero-order valence-electron chi connectivity index (χ0n) is 20.9. The molecule has 0 saturated carbocycles. The molecule has 4 atom stereocenters. The van der Waals surface area contributed by atoms with Crippen LogP contribution in [0.5, 0.6) is 0 Å². The quantitative estimate of drug-likeness (QED) is 0.219. The molecule has 196 valence electrons. The van der Waals surface area contributed by atoms with Crippen LogP contribution in [0.2, 0.25) is 0 Å². The molecule has 38 heavy (non-hydrogen) atoms. The first-order chi connectivity index (χ1) is 18.5. The molecule has 0 amide bonds. The minimum atomic E-state index is -3.72. The van der Waals surface area contributed by atoms with E-state index in [0.717, 1.165) is 22.3 Å². The molecule has 1 aliphatic rings. The fraction of sp³-hybridized carbons (Fsp3) is 0.226. The Morgan fingerprint density at radius 1 is 0.737 bits per heavy atom. The Morgan fingerprint density at radius 3 is 1.66 bits per heavy atom. The number of benzene rings is 4. The molecule has 0 radical (unpaired) electrons. The van der Waals surface area contributed by atoms with Gasteiger partial charge in [0.1, 0.15) is 17.8 Å². The van der Waals surface area contributed by atoms with E-state index in [4.69, 9.17) is 13.8 Å². The average molecular weight is 531 g/mol. The van der Waals surface area contributed by atoms with Gasteiger partial charge in [-0.25, -0.2) is 0 Å². The number of hydrogen-bond acceptors (Lipinski definition) is 6. The van der Waals surface area contributed by atoms with Gasteiger partial charge in [0.05, 0.1) is 25.5 Å². The summed E-state index contributed by atoms with van der Waals surface area (Å²) in [5, 5.41) is 21.5. The predicted molar refractivity (Wildman–Crippen MR) is 146 cm³/mol. The fourth-order valence-corrected chi connectivity index (χ4v) is 6.70. The first kappa shape index (κ1) is 26.5. The van der Waals surface area contributed by atoms with Crippen molar-refractivity contribution in [2.75, 3.05) is 12.8 Å². The molecule has 2 N–H and O–H groups in total. The van der Waals surface area contributed by atoms with Crippen molar-refractivity contribution < 1.29 is 28.6 Å². The molecule has 1 fully saturated rings. The van der Waals surface area contributed by atoms with Crippen LogP contribution in [0.25, 0.3) is 0 Å². The van der Waals surface area contributed by atoms with Crippen LogP contribution in [0.1, 0.15) is 22.3 Å². The molecular formula is C31H31O6P. The highest BCUT2D eigenvalue weighted by molar-refractivity contribution is 7.54. The van der Waals surface area contributed by atoms with Crippen LogP contribution >= 0.6 is 7.60 Å². The maximum absolute atomic E-state index is 13.5. The van der Waals surface area contributed by atoms with Gasteiger partial charge in [-0.05, 0) is 22.3 Å². The third-order valence-corrected chi connectivity index (χ3v) is 8.69. The van der Waals surface area contributed by atoms with E-state index in [1.807, 2.05) is 121 Å². The second-order valence-corrected chi connectivity index (χ2v) is 11.4. The van der Waals surface area contributed by atoms with E-state index in [1.165, 1.54) is 0 Å². The van der Waals surface area contributed by atoms with E-state index in [2.05, 4.69) is 0 Å². The highest BCUT2D eigenvalue weighted by Crippen LogP contribution is 2.54. The third kappa shape index (κ3) is 5.67. The number of aliphatic hydroxyl groups is 2. The molecule has 4 aromatic carbocycles. The standard InChI is InChI=1S/C31H31O6P/c32-28-23-38(34,36-21-24-13-5-1-6-14-24)37-29(30(28)33)22-35-31(25-15-7-2-8-16-25,26-17-9-3-10-18-26)27-19-11-4-12-20-27/h1-20,28-30,32-33H,21-23H2/t28-,29+,30-,38+/m0/s1. The summed E-state index contributed by atoms with van der Waals surface area (Å²) in [5.74, 6) is 0. The lowest BCUT2D eigenvalue weighted by atomic mass is 9.80. The topological polar surface area (TPSA) is 85.2 Å². The van der Waals surface area contributed by atoms with Crippen molar-refractivity contribution in [1.82, 2.24) is 0 Å². The Balaban J connectivity index is 1.46. The van der Waals surface area contributed by atoms with Gasteiger partial charge in [0.25, 0.3) is 0 Å². The molecular weight excluding hydrogens is 499 g/mol. The molecule has 6 nitrogen and oxygen atoms in total. The molecule has 5 rings (SSSR count). The van der Waals surface area contributed by atoms with E-state index in [-0.39, 0.29) is 19.4 Å². The lowest BCUT2D eigenvalue weighted by Crippen LogP contribution is -2.49. The van der Waals surface area contributed by atoms with Crippen LogP contribution in [-0.2, 0) is 30.6 Å². The van der Waals surface area contributed by atoms with Gasteiger partial charge in [0.15, 0.2) is 0 Å². The smallest absolute Gasteiger partial charge is 0.334 e. The summed E-state index contributed by atoms with van der Waals surface area (Å²) in [6, 6.07) is 38.7. The van der Waals surface area contributed by atoms with E-state index >= 15 is 0 Å². The minimum Gasteiger partial charge on any atom is -0.390 e. The Morgan fingerprint density at radius 2 is 1.18 bits per heavy atom. The summed E-state index contributed by atoms with van der Waals surface area (Å²) in [4.78, 5) is 0. The molecule has 0 spiro atoms. The van der Waals surface area contributed by atoms with Crippen molar-refractivity contribution in [3.8, 4) is 0 Å². The summed E-state index contributed by atoms with van der Waals surface area (Å²) in [6.07, 6.45) is -3.94. The lowest BCUT2D eigenvalue weighted by Gasteiger charge is -2.40. The van der Waals surface area contributed by atoms with Crippen LogP contribution in [0.15, 0.2) is 121 Å². The van der Waals surface area contributed by atoms with Crippen LogP contribution in [0.3, 0.4) is 0 Å². The Hall–Kier alpha value is -3.09. The third-order valence-electron chi connectivity index (χ3n) is 6.76. The van der Waals surface area contributed by atoms with E-state index in [9.17, 15) is 14.8 Å². The maximum Gasteiger partial charge on any atom is 0.334 e. The van der Waals surface area contributed by atoms with Crippen LogP contribution in [-0.4, -0.2) is 41.3 Å². The number of rotatable bonds is 9. The largest absolute Gasteiger partial charge is 0.390 e. The molecule has 1 saturated heterocycles. The number of hydrogen-bond donors (Lipinski definition) is 2. The second kappa shape index (κ2) is 11.7. The van der Waals surface area contributed by atoms with Crippen LogP contribution in [0.4, 0.5) is 0 Å². The summed E-state index contributed by atoms with van der Waals surface area (Å²) in [7, 11) is -3.72. The molecule has 4 aromatic rings. The van der Waals surface area contributed by atoms with Crippen molar-refractivity contribution in [3.63, 3.8) is 0 Å². The van der Waals surface area contributed by atoms with Gasteiger partial charge in [-0.15, -0.1) is 0 Å². The Labute approximate surface area is 223 Å². The molecule has 0 aromatic heterocycles. The maximum atomic E-state index is 13.5. The van der Waals surface area contributed by atoms with Gasteiger partial charge < -0.3 is 19.5 Å². The summed E-state index contributed by atoms with van der Waals surface area (Å²) in [6.45, 7) is -0.0773. The molecule has 0 unspecified atom stereocenters. The second-order valence-electron chi connectivity index (χ2n) is 9.34. The van der Waals surface area contributed by atoms with Crippen molar-refractivity contribution in [1.29, 1.82) is 0 Å². The molecule has 7 heteroatoms. The molecule has 1 aliphatic heterocycles. The molecule has 1 heterocycles. The molecule has 0 bridgehead atoms. The summed E-state index contributed by atoms with van der Waals surface area (Å²) < 4.78 is 31.8. The SMILES string of the molecule is O=[P@@]1(OCc2ccccc2)C[C@H](O)[C@H](O)[C@@H](COC(c2ccccc2)(c2ccccc2)c2ccccc2)O1. The van der Waals surface area contributed by atoms with Crippen molar-refractivity contribution in [3.05, 3.63) is 144 Å². The van der Waals surface area contributed by atoms with Gasteiger partial charge in [-0.3, -0.25) is 9.09 Å². The highest BCUT2D eigenvalue weighted by Gasteiger charge is 2.46. The van der Waals surface area contributed by atoms with Crippen molar-refractivity contribution >= 4 is 7.60 Å². The lowest BCUT2D eigenvalue weighted by molar-refractivity contribution is -0.112. The highest BCUT2D eigenvalue weighted by atomic mass is 31.2. The Bertz CT molecular complexity index is 1240. The van der Waals surface area contributed by atoms with Crippen molar-refractivity contribution in [2.24, 2.45) is 0 Å². The summed E-state index contributed by atoms with van der Waals surface area (Å²) >= 11 is 0. The van der Waals surface area contributed by atoms with Crippen molar-refractivity contribution in [2.45, 2.75) is 30.5 Å². The minimum absolute atomic E-state index is 0.0660. The van der Waals surface area contributed by atoms with Crippen LogP contribution < -0.4 is 0 Å². The zero-order chi connectivity index (χ0) is 26.4. The van der Waals surface area contributed by atoms with E-state index in [1.54, 1.807) is 0 Å².